The minimum absolute atomic E-state index is 0.124. The number of benzene rings is 8. The maximum absolute atomic E-state index is 6.68. The van der Waals surface area contributed by atoms with Crippen molar-refractivity contribution in [2.24, 2.45) is 0 Å². The fraction of sp³-hybridized carbons (Fsp3) is 0.0612. The minimum Gasteiger partial charge on any atom is -0.455 e. The molecule has 1 aliphatic rings. The molecule has 52 heavy (non-hydrogen) atoms. The van der Waals surface area contributed by atoms with Crippen LogP contribution < -0.4 is 4.90 Å². The molecule has 0 N–H and O–H groups in total. The van der Waals surface area contributed by atoms with Crippen molar-refractivity contribution in [3.05, 3.63) is 175 Å². The van der Waals surface area contributed by atoms with Crippen molar-refractivity contribution < 1.29 is 4.42 Å². The van der Waals surface area contributed by atoms with Crippen LogP contribution in [0, 0.1) is 0 Å². The van der Waals surface area contributed by atoms with Crippen LogP contribution in [-0.2, 0) is 5.41 Å². The first-order valence-corrected chi connectivity index (χ1v) is 18.7. The molecule has 10 aromatic rings. The molecular weight excluding hydrogens is 651 g/mol. The Labute approximate surface area is 305 Å². The summed E-state index contributed by atoms with van der Waals surface area (Å²) in [5.74, 6) is 0. The lowest BCUT2D eigenvalue weighted by atomic mass is 9.82. The maximum Gasteiger partial charge on any atom is 0.143 e. The molecule has 0 atom stereocenters. The topological polar surface area (TPSA) is 16.4 Å². The minimum atomic E-state index is -0.124. The van der Waals surface area contributed by atoms with Crippen molar-refractivity contribution in [2.45, 2.75) is 19.3 Å². The maximum atomic E-state index is 6.68. The SMILES string of the molecule is CC1(C)c2ccccc2-c2ccc(N(c3ccccc3-c3cccc4oc5c6ccccc6ccc5c34)c3cccc4c3sc3ccccc34)cc21. The summed E-state index contributed by atoms with van der Waals surface area (Å²) in [4.78, 5) is 2.50. The molecule has 2 nitrogen and oxygen atoms in total. The highest BCUT2D eigenvalue weighted by molar-refractivity contribution is 7.26. The van der Waals surface area contributed by atoms with Gasteiger partial charge >= 0.3 is 0 Å². The molecule has 0 amide bonds. The van der Waals surface area contributed by atoms with Crippen LogP contribution in [0.3, 0.4) is 0 Å². The number of rotatable bonds is 4. The van der Waals surface area contributed by atoms with E-state index in [0.29, 0.717) is 0 Å². The van der Waals surface area contributed by atoms with Gasteiger partial charge in [0, 0.05) is 48.3 Å². The fourth-order valence-electron chi connectivity index (χ4n) is 8.82. The van der Waals surface area contributed by atoms with Gasteiger partial charge in [-0.3, -0.25) is 0 Å². The van der Waals surface area contributed by atoms with Crippen molar-refractivity contribution in [2.75, 3.05) is 4.90 Å². The van der Waals surface area contributed by atoms with Crippen molar-refractivity contribution in [1.29, 1.82) is 0 Å². The van der Waals surface area contributed by atoms with Crippen LogP contribution >= 0.6 is 11.3 Å². The van der Waals surface area contributed by atoms with Crippen molar-refractivity contribution in [3.8, 4) is 22.3 Å². The molecule has 0 saturated heterocycles. The second kappa shape index (κ2) is 10.9. The molecule has 3 heteroatoms. The third kappa shape index (κ3) is 4.11. The van der Waals surface area contributed by atoms with E-state index < -0.39 is 0 Å². The lowest BCUT2D eigenvalue weighted by Crippen LogP contribution is -2.17. The number of furan rings is 1. The van der Waals surface area contributed by atoms with Crippen LogP contribution in [0.25, 0.3) is 75.1 Å². The Balaban J connectivity index is 1.20. The van der Waals surface area contributed by atoms with Gasteiger partial charge in [0.25, 0.3) is 0 Å². The number of hydrogen-bond donors (Lipinski definition) is 0. The average molecular weight is 684 g/mol. The number of anilines is 3. The number of para-hydroxylation sites is 1. The summed E-state index contributed by atoms with van der Waals surface area (Å²) in [6, 6.07) is 59.9. The van der Waals surface area contributed by atoms with Gasteiger partial charge in [-0.15, -0.1) is 11.3 Å². The quantitative estimate of drug-likeness (QED) is 0.184. The fourth-order valence-corrected chi connectivity index (χ4v) is 10.0. The van der Waals surface area contributed by atoms with Crippen LogP contribution in [0.1, 0.15) is 25.0 Å². The molecule has 2 aromatic heterocycles. The summed E-state index contributed by atoms with van der Waals surface area (Å²) in [7, 11) is 0. The summed E-state index contributed by atoms with van der Waals surface area (Å²) in [6.07, 6.45) is 0. The van der Waals surface area contributed by atoms with Crippen LogP contribution in [0.15, 0.2) is 168 Å². The molecular formula is C49H33NOS. The zero-order chi connectivity index (χ0) is 34.6. The van der Waals surface area contributed by atoms with E-state index in [1.807, 2.05) is 11.3 Å². The molecule has 0 aliphatic heterocycles. The summed E-state index contributed by atoms with van der Waals surface area (Å²) in [5, 5.41) is 7.17. The Hall–Kier alpha value is -6.16. The Bertz CT molecular complexity index is 3070. The summed E-state index contributed by atoms with van der Waals surface area (Å²) < 4.78 is 9.26. The predicted molar refractivity (Wildman–Crippen MR) is 222 cm³/mol. The average Bonchev–Trinajstić information content (AvgIpc) is 3.84. The smallest absolute Gasteiger partial charge is 0.143 e. The third-order valence-corrected chi connectivity index (χ3v) is 12.5. The van der Waals surface area contributed by atoms with E-state index in [1.54, 1.807) is 0 Å². The molecule has 8 aromatic carbocycles. The molecule has 0 fully saturated rings. The zero-order valence-corrected chi connectivity index (χ0v) is 29.7. The molecule has 0 saturated carbocycles. The first-order valence-electron chi connectivity index (χ1n) is 17.9. The molecule has 246 valence electrons. The van der Waals surface area contributed by atoms with E-state index in [1.165, 1.54) is 53.5 Å². The lowest BCUT2D eigenvalue weighted by molar-refractivity contribution is 0.660. The van der Waals surface area contributed by atoms with Crippen LogP contribution in [0.5, 0.6) is 0 Å². The monoisotopic (exact) mass is 683 g/mol. The Morgan fingerprint density at radius 3 is 2.12 bits per heavy atom. The van der Waals surface area contributed by atoms with Gasteiger partial charge in [0.05, 0.1) is 16.1 Å². The normalized spacial score (nSPS) is 13.3. The standard InChI is InChI=1S/C49H33NOS/c1-49(2)40-20-8-5-15-33(40)34-28-26-31(29-41(34)49)50(43-22-11-19-38-36-17-7-10-24-45(36)52-48(38)43)42-21-9-6-16-35(42)37-18-12-23-44-46(37)39-27-25-30-13-3-4-14-32(30)47(39)51-44/h3-29H,1-2H3. The van der Waals surface area contributed by atoms with Gasteiger partial charge in [0.1, 0.15) is 11.2 Å². The highest BCUT2D eigenvalue weighted by Crippen LogP contribution is 2.53. The van der Waals surface area contributed by atoms with E-state index in [2.05, 4.69) is 183 Å². The number of thiophene rings is 1. The third-order valence-electron chi connectivity index (χ3n) is 11.3. The molecule has 0 radical (unpaired) electrons. The van der Waals surface area contributed by atoms with E-state index in [0.717, 1.165) is 49.8 Å². The van der Waals surface area contributed by atoms with Gasteiger partial charge in [-0.1, -0.05) is 135 Å². The Morgan fingerprint density at radius 2 is 1.19 bits per heavy atom. The van der Waals surface area contributed by atoms with Crippen molar-refractivity contribution in [1.82, 2.24) is 0 Å². The van der Waals surface area contributed by atoms with E-state index >= 15 is 0 Å². The highest BCUT2D eigenvalue weighted by atomic mass is 32.1. The Morgan fingerprint density at radius 1 is 0.500 bits per heavy atom. The number of hydrogen-bond acceptors (Lipinski definition) is 3. The van der Waals surface area contributed by atoms with Crippen LogP contribution in [0.2, 0.25) is 0 Å². The zero-order valence-electron chi connectivity index (χ0n) is 28.9. The van der Waals surface area contributed by atoms with Gasteiger partial charge < -0.3 is 9.32 Å². The lowest BCUT2D eigenvalue weighted by Gasteiger charge is -2.30. The van der Waals surface area contributed by atoms with Crippen LogP contribution in [0.4, 0.5) is 17.1 Å². The molecule has 11 rings (SSSR count). The van der Waals surface area contributed by atoms with Gasteiger partial charge in [0.15, 0.2) is 0 Å². The van der Waals surface area contributed by atoms with Gasteiger partial charge in [-0.25, -0.2) is 0 Å². The van der Waals surface area contributed by atoms with Crippen molar-refractivity contribution in [3.63, 3.8) is 0 Å². The molecule has 2 heterocycles. The molecule has 0 spiro atoms. The van der Waals surface area contributed by atoms with Gasteiger partial charge in [-0.2, -0.15) is 0 Å². The molecule has 1 aliphatic carbocycles. The highest BCUT2D eigenvalue weighted by Gasteiger charge is 2.36. The largest absolute Gasteiger partial charge is 0.455 e. The number of fused-ring (bicyclic) bond motifs is 11. The van der Waals surface area contributed by atoms with E-state index in [9.17, 15) is 0 Å². The summed E-state index contributed by atoms with van der Waals surface area (Å²) >= 11 is 1.87. The second-order valence-electron chi connectivity index (χ2n) is 14.4. The Kier molecular flexibility index (Phi) is 6.21. The molecule has 0 bridgehead atoms. The molecule has 0 unspecified atom stereocenters. The van der Waals surface area contributed by atoms with E-state index in [4.69, 9.17) is 4.42 Å². The first-order chi connectivity index (χ1) is 25.6. The summed E-state index contributed by atoms with van der Waals surface area (Å²) in [6.45, 7) is 4.72. The van der Waals surface area contributed by atoms with E-state index in [-0.39, 0.29) is 5.41 Å². The van der Waals surface area contributed by atoms with Gasteiger partial charge in [0.2, 0.25) is 0 Å². The first kappa shape index (κ1) is 29.6. The predicted octanol–water partition coefficient (Wildman–Crippen LogP) is 14.6. The van der Waals surface area contributed by atoms with Crippen LogP contribution in [-0.4, -0.2) is 0 Å². The number of nitrogens with zero attached hydrogens (tertiary/aromatic N) is 1. The van der Waals surface area contributed by atoms with Gasteiger partial charge in [-0.05, 0) is 75.7 Å². The second-order valence-corrected chi connectivity index (χ2v) is 15.5. The summed E-state index contributed by atoms with van der Waals surface area (Å²) in [5.41, 5.74) is 12.9. The van der Waals surface area contributed by atoms with Crippen molar-refractivity contribution >= 4 is 81.3 Å².